The number of anilines is 3. The highest BCUT2D eigenvalue weighted by Crippen LogP contribution is 2.53. The molecule has 0 N–H and O–H groups in total. The number of ether oxygens (including phenoxy) is 1. The Bertz CT molecular complexity index is 1220. The Hall–Kier alpha value is -2.07. The van der Waals surface area contributed by atoms with Gasteiger partial charge in [0.05, 0.1) is 36.1 Å². The van der Waals surface area contributed by atoms with Crippen LogP contribution >= 0.6 is 11.6 Å². The molecule has 8 nitrogen and oxygen atoms in total. The summed E-state index contributed by atoms with van der Waals surface area (Å²) in [6.45, 7) is 17.0. The van der Waals surface area contributed by atoms with Crippen molar-refractivity contribution in [2.24, 2.45) is 0 Å². The minimum Gasteiger partial charge on any atom is -0.409 e. The van der Waals surface area contributed by atoms with Crippen molar-refractivity contribution in [3.05, 3.63) is 34.9 Å². The van der Waals surface area contributed by atoms with Crippen LogP contribution in [-0.2, 0) is 26.0 Å². The predicted molar refractivity (Wildman–Crippen MR) is 157 cm³/mol. The zero-order valence-electron chi connectivity index (χ0n) is 24.4. The minimum atomic E-state index is -2.02. The number of carbonyl (C=O) groups excluding carboxylic acids is 1. The first-order valence-corrected chi connectivity index (χ1v) is 17.5. The van der Waals surface area contributed by atoms with Crippen molar-refractivity contribution in [2.45, 2.75) is 109 Å². The molecule has 0 bridgehead atoms. The van der Waals surface area contributed by atoms with Crippen molar-refractivity contribution < 1.29 is 14.0 Å². The van der Waals surface area contributed by atoms with Gasteiger partial charge in [0.15, 0.2) is 14.1 Å². The lowest BCUT2D eigenvalue weighted by Crippen LogP contribution is -2.45. The molecular formula is C29H42ClN5O3Si. The standard InChI is InChI=1S/C29H42ClN5O3Si/c1-19-16-34(17-20(2)38-19)23-12-11-21(15-31-23)35-26-24(29(27(35)36)13-9-8-10-14-29)25(30)32-22(33-26)18-37-39(6,7)28(3,4)5/h11-12,15,19-20H,8-10,13-14,16-18H2,1-7H3/t19-,20+. The SMILES string of the molecule is C[C@@H]1CN(c2ccc(N3C(=O)C4(CCCCC4)c4c(Cl)nc(CO[Si](C)(C)C(C)(C)C)nc43)cn2)C[C@H](C)O1. The first-order valence-electron chi connectivity index (χ1n) is 14.2. The smallest absolute Gasteiger partial charge is 0.243 e. The van der Waals surface area contributed by atoms with E-state index < -0.39 is 13.7 Å². The molecular weight excluding hydrogens is 530 g/mol. The Morgan fingerprint density at radius 1 is 1.10 bits per heavy atom. The van der Waals surface area contributed by atoms with E-state index in [1.165, 1.54) is 0 Å². The van der Waals surface area contributed by atoms with E-state index in [4.69, 9.17) is 30.7 Å². The molecule has 1 aliphatic carbocycles. The number of pyridine rings is 1. The van der Waals surface area contributed by atoms with Crippen LogP contribution in [0.4, 0.5) is 17.3 Å². The largest absolute Gasteiger partial charge is 0.409 e. The van der Waals surface area contributed by atoms with Gasteiger partial charge in [0.2, 0.25) is 5.91 Å². The van der Waals surface area contributed by atoms with E-state index in [9.17, 15) is 4.79 Å². The lowest BCUT2D eigenvalue weighted by Gasteiger charge is -2.36. The summed E-state index contributed by atoms with van der Waals surface area (Å²) in [7, 11) is -2.02. The van der Waals surface area contributed by atoms with E-state index in [0.29, 0.717) is 22.5 Å². The Labute approximate surface area is 238 Å². The van der Waals surface area contributed by atoms with Gasteiger partial charge in [-0.05, 0) is 57.0 Å². The second kappa shape index (κ2) is 10.4. The van der Waals surface area contributed by atoms with E-state index in [2.05, 4.69) is 57.6 Å². The van der Waals surface area contributed by atoms with Crippen molar-refractivity contribution in [3.63, 3.8) is 0 Å². The van der Waals surface area contributed by atoms with Crippen LogP contribution in [0.25, 0.3) is 0 Å². The molecule has 39 heavy (non-hydrogen) atoms. The highest BCUT2D eigenvalue weighted by atomic mass is 35.5. The molecule has 1 spiro atoms. The summed E-state index contributed by atoms with van der Waals surface area (Å²) in [5, 5.41) is 0.429. The number of aromatic nitrogens is 3. The fraction of sp³-hybridized carbons (Fsp3) is 0.655. The van der Waals surface area contributed by atoms with Crippen LogP contribution in [-0.4, -0.2) is 54.5 Å². The maximum atomic E-state index is 14.2. The topological polar surface area (TPSA) is 80.7 Å². The second-order valence-electron chi connectivity index (χ2n) is 13.0. The molecule has 2 atom stereocenters. The van der Waals surface area contributed by atoms with Crippen molar-refractivity contribution in [2.75, 3.05) is 22.9 Å². The summed E-state index contributed by atoms with van der Waals surface area (Å²) >= 11 is 6.90. The summed E-state index contributed by atoms with van der Waals surface area (Å²) in [5.41, 5.74) is 0.787. The fourth-order valence-corrected chi connectivity index (χ4v) is 7.19. The number of nitrogens with zero attached hydrogens (tertiary/aromatic N) is 5. The number of rotatable bonds is 5. The number of amides is 1. The maximum absolute atomic E-state index is 14.2. The highest BCUT2D eigenvalue weighted by molar-refractivity contribution is 6.74. The van der Waals surface area contributed by atoms with Gasteiger partial charge in [-0.2, -0.15) is 0 Å². The van der Waals surface area contributed by atoms with Crippen LogP contribution in [0.5, 0.6) is 0 Å². The van der Waals surface area contributed by atoms with E-state index >= 15 is 0 Å². The molecule has 1 saturated heterocycles. The third-order valence-corrected chi connectivity index (χ3v) is 13.8. The second-order valence-corrected chi connectivity index (χ2v) is 18.2. The Kier molecular flexibility index (Phi) is 7.59. The fourth-order valence-electron chi connectivity index (χ4n) is 5.90. The molecule has 5 rings (SSSR count). The summed E-state index contributed by atoms with van der Waals surface area (Å²) in [6.07, 6.45) is 6.66. The Morgan fingerprint density at radius 2 is 1.77 bits per heavy atom. The highest BCUT2D eigenvalue weighted by Gasteiger charge is 2.54. The average molecular weight is 572 g/mol. The van der Waals surface area contributed by atoms with Crippen LogP contribution in [0.2, 0.25) is 23.3 Å². The molecule has 2 fully saturated rings. The van der Waals surface area contributed by atoms with Gasteiger partial charge in [-0.3, -0.25) is 9.69 Å². The van der Waals surface area contributed by atoms with E-state index in [0.717, 1.165) is 56.6 Å². The van der Waals surface area contributed by atoms with Crippen molar-refractivity contribution in [1.82, 2.24) is 15.0 Å². The Morgan fingerprint density at radius 3 is 2.36 bits per heavy atom. The maximum Gasteiger partial charge on any atom is 0.243 e. The van der Waals surface area contributed by atoms with E-state index in [1.54, 1.807) is 11.1 Å². The molecule has 0 aromatic carbocycles. The third kappa shape index (κ3) is 5.23. The number of morpholine rings is 1. The molecule has 2 aromatic heterocycles. The van der Waals surface area contributed by atoms with Crippen LogP contribution < -0.4 is 9.80 Å². The Balaban J connectivity index is 1.51. The zero-order valence-corrected chi connectivity index (χ0v) is 26.1. The summed E-state index contributed by atoms with van der Waals surface area (Å²) < 4.78 is 12.3. The molecule has 1 amide bonds. The monoisotopic (exact) mass is 571 g/mol. The van der Waals surface area contributed by atoms with Crippen molar-refractivity contribution >= 4 is 43.1 Å². The summed E-state index contributed by atoms with van der Waals surface area (Å²) in [6, 6.07) is 3.96. The van der Waals surface area contributed by atoms with Gasteiger partial charge in [-0.25, -0.2) is 15.0 Å². The zero-order chi connectivity index (χ0) is 28.2. The molecule has 0 radical (unpaired) electrons. The molecule has 212 valence electrons. The molecule has 0 unspecified atom stereocenters. The number of halogens is 1. The summed E-state index contributed by atoms with van der Waals surface area (Å²) in [4.78, 5) is 32.6. The van der Waals surface area contributed by atoms with Crippen LogP contribution in [0.3, 0.4) is 0 Å². The van der Waals surface area contributed by atoms with Gasteiger partial charge in [0.25, 0.3) is 0 Å². The van der Waals surface area contributed by atoms with Gasteiger partial charge in [0, 0.05) is 18.7 Å². The quantitative estimate of drug-likeness (QED) is 0.298. The summed E-state index contributed by atoms with van der Waals surface area (Å²) in [5.74, 6) is 2.00. The average Bonchev–Trinajstić information content (AvgIpc) is 3.09. The van der Waals surface area contributed by atoms with Crippen LogP contribution in [0, 0.1) is 0 Å². The van der Waals surface area contributed by atoms with Gasteiger partial charge in [-0.15, -0.1) is 0 Å². The molecule has 2 aliphatic heterocycles. The van der Waals surface area contributed by atoms with Crippen molar-refractivity contribution in [1.29, 1.82) is 0 Å². The van der Waals surface area contributed by atoms with Gasteiger partial charge in [0.1, 0.15) is 16.8 Å². The molecule has 1 saturated carbocycles. The van der Waals surface area contributed by atoms with Gasteiger partial charge >= 0.3 is 0 Å². The van der Waals surface area contributed by atoms with E-state index in [1.807, 2.05) is 12.1 Å². The lowest BCUT2D eigenvalue weighted by molar-refractivity contribution is -0.123. The normalized spacial score (nSPS) is 23.4. The van der Waals surface area contributed by atoms with Crippen LogP contribution in [0.15, 0.2) is 18.3 Å². The third-order valence-electron chi connectivity index (χ3n) is 9.00. The first kappa shape index (κ1) is 28.5. The molecule has 4 heterocycles. The van der Waals surface area contributed by atoms with Crippen molar-refractivity contribution in [3.8, 4) is 0 Å². The molecule has 3 aliphatic rings. The number of carbonyl (C=O) groups is 1. The van der Waals surface area contributed by atoms with E-state index in [-0.39, 0.29) is 29.8 Å². The number of hydrogen-bond acceptors (Lipinski definition) is 7. The number of hydrogen-bond donors (Lipinski definition) is 0. The first-order chi connectivity index (χ1) is 18.3. The lowest BCUT2D eigenvalue weighted by atomic mass is 9.71. The molecule has 2 aromatic rings. The van der Waals surface area contributed by atoms with Gasteiger partial charge in [-0.1, -0.05) is 51.6 Å². The van der Waals surface area contributed by atoms with Crippen LogP contribution in [0.1, 0.15) is 78.1 Å². The predicted octanol–water partition coefficient (Wildman–Crippen LogP) is 6.54. The number of fused-ring (bicyclic) bond motifs is 2. The molecule has 10 heteroatoms. The minimum absolute atomic E-state index is 0.0269. The van der Waals surface area contributed by atoms with Gasteiger partial charge < -0.3 is 14.1 Å².